The summed E-state index contributed by atoms with van der Waals surface area (Å²) in [5.41, 5.74) is 5.50. The summed E-state index contributed by atoms with van der Waals surface area (Å²) in [6.07, 6.45) is 7.28. The van der Waals surface area contributed by atoms with Gasteiger partial charge in [0.2, 0.25) is 5.91 Å². The first-order valence-electron chi connectivity index (χ1n) is 8.34. The predicted molar refractivity (Wildman–Crippen MR) is 103 cm³/mol. The number of benzene rings is 1. The van der Waals surface area contributed by atoms with Gasteiger partial charge in [-0.1, -0.05) is 34.1 Å². The van der Waals surface area contributed by atoms with E-state index in [1.807, 2.05) is 53.7 Å². The van der Waals surface area contributed by atoms with Gasteiger partial charge in [0.1, 0.15) is 0 Å². The Balaban J connectivity index is 1.47. The van der Waals surface area contributed by atoms with Crippen molar-refractivity contribution in [2.24, 2.45) is 0 Å². The molecule has 0 saturated carbocycles. The summed E-state index contributed by atoms with van der Waals surface area (Å²) >= 11 is 3.45. The number of hydrogen-bond donors (Lipinski definition) is 1. The molecule has 4 rings (SSSR count). The Morgan fingerprint density at radius 2 is 2.20 bits per heavy atom. The maximum Gasteiger partial charge on any atom is 0.227 e. The van der Waals surface area contributed by atoms with E-state index in [4.69, 9.17) is 0 Å². The molecule has 1 aliphatic heterocycles. The van der Waals surface area contributed by atoms with Crippen LogP contribution in [0.15, 0.2) is 59.3 Å². The molecule has 5 heteroatoms. The van der Waals surface area contributed by atoms with Crippen molar-refractivity contribution >= 4 is 38.4 Å². The van der Waals surface area contributed by atoms with Gasteiger partial charge in [0.15, 0.2) is 0 Å². The van der Waals surface area contributed by atoms with Crippen LogP contribution >= 0.6 is 15.9 Å². The second-order valence-electron chi connectivity index (χ2n) is 6.23. The zero-order valence-electron chi connectivity index (χ0n) is 13.7. The number of halogens is 1. The minimum atomic E-state index is 0.172. The fourth-order valence-electron chi connectivity index (χ4n) is 3.27. The van der Waals surface area contributed by atoms with E-state index in [0.29, 0.717) is 13.0 Å². The molecule has 1 aliphatic rings. The number of rotatable bonds is 3. The highest BCUT2D eigenvalue weighted by Gasteiger charge is 2.20. The molecule has 1 amide bonds. The Morgan fingerprint density at radius 3 is 3.00 bits per heavy atom. The van der Waals surface area contributed by atoms with Crippen LogP contribution in [0.3, 0.4) is 0 Å². The number of pyridine rings is 1. The predicted octanol–water partition coefficient (Wildman–Crippen LogP) is 4.18. The number of nitrogens with zero attached hydrogens (tertiary/aromatic N) is 2. The number of nitrogens with one attached hydrogen (secondary N) is 1. The van der Waals surface area contributed by atoms with Gasteiger partial charge in [0.05, 0.1) is 17.5 Å². The number of aromatic nitrogens is 2. The number of amides is 1. The maximum atomic E-state index is 12.5. The van der Waals surface area contributed by atoms with Gasteiger partial charge in [0.25, 0.3) is 0 Å². The van der Waals surface area contributed by atoms with Crippen molar-refractivity contribution in [3.05, 3.63) is 70.5 Å². The molecule has 0 radical (unpaired) electrons. The lowest BCUT2D eigenvalue weighted by Gasteiger charge is -2.26. The molecule has 3 heterocycles. The molecule has 1 N–H and O–H groups in total. The number of hydrogen-bond acceptors (Lipinski definition) is 2. The normalized spacial score (nSPS) is 14.6. The Bertz CT molecular complexity index is 960. The van der Waals surface area contributed by atoms with Crippen molar-refractivity contribution in [1.29, 1.82) is 0 Å². The van der Waals surface area contributed by atoms with Crippen LogP contribution in [0.25, 0.3) is 16.6 Å². The molecule has 1 aromatic carbocycles. The van der Waals surface area contributed by atoms with Gasteiger partial charge in [-0.15, -0.1) is 0 Å². The van der Waals surface area contributed by atoms with E-state index in [0.717, 1.165) is 39.6 Å². The van der Waals surface area contributed by atoms with Crippen LogP contribution in [0.2, 0.25) is 0 Å². The molecule has 4 nitrogen and oxygen atoms in total. The summed E-state index contributed by atoms with van der Waals surface area (Å²) < 4.78 is 1.01. The van der Waals surface area contributed by atoms with Crippen LogP contribution in [-0.2, 0) is 11.2 Å². The smallest absolute Gasteiger partial charge is 0.227 e. The summed E-state index contributed by atoms with van der Waals surface area (Å²) in [4.78, 5) is 22.2. The van der Waals surface area contributed by atoms with Gasteiger partial charge in [-0.3, -0.25) is 9.78 Å². The Morgan fingerprint density at radius 1 is 1.28 bits per heavy atom. The van der Waals surface area contributed by atoms with Crippen molar-refractivity contribution < 1.29 is 4.79 Å². The second-order valence-corrected chi connectivity index (χ2v) is 7.14. The largest absolute Gasteiger partial charge is 0.359 e. The van der Waals surface area contributed by atoms with E-state index in [9.17, 15) is 4.79 Å². The molecule has 0 bridgehead atoms. The van der Waals surface area contributed by atoms with E-state index in [-0.39, 0.29) is 5.91 Å². The fourth-order valence-corrected chi connectivity index (χ4v) is 3.72. The summed E-state index contributed by atoms with van der Waals surface area (Å²) in [5, 5.41) is 0. The van der Waals surface area contributed by atoms with E-state index in [1.165, 1.54) is 5.57 Å². The summed E-state index contributed by atoms with van der Waals surface area (Å²) in [6, 6.07) is 11.9. The first kappa shape index (κ1) is 16.1. The molecule has 0 fully saturated rings. The average Bonchev–Trinajstić information content (AvgIpc) is 3.06. The van der Waals surface area contributed by atoms with E-state index >= 15 is 0 Å². The number of fused-ring (bicyclic) bond motifs is 1. The van der Waals surface area contributed by atoms with Gasteiger partial charge in [-0.2, -0.15) is 0 Å². The van der Waals surface area contributed by atoms with Crippen molar-refractivity contribution in [3.63, 3.8) is 0 Å². The highest BCUT2D eigenvalue weighted by Crippen LogP contribution is 2.28. The topological polar surface area (TPSA) is 49.0 Å². The summed E-state index contributed by atoms with van der Waals surface area (Å²) in [6.45, 7) is 1.40. The number of H-pyrrole nitrogens is 1. The second kappa shape index (κ2) is 6.84. The third-order valence-corrected chi connectivity index (χ3v) is 5.08. The molecular weight excluding hydrogens is 378 g/mol. The van der Waals surface area contributed by atoms with Gasteiger partial charge in [-0.05, 0) is 41.8 Å². The van der Waals surface area contributed by atoms with Crippen LogP contribution in [0, 0.1) is 0 Å². The van der Waals surface area contributed by atoms with Crippen LogP contribution in [-0.4, -0.2) is 33.9 Å². The van der Waals surface area contributed by atoms with Crippen molar-refractivity contribution in [2.45, 2.75) is 12.8 Å². The standard InChI is InChI=1S/C20H18BrN3O/c21-16-4-1-3-14(11-16)12-19(25)24-9-6-15(7-10-24)17-13-23-18-5-2-8-22-20(17)18/h1-6,8,11,13,23H,7,9-10,12H2. The van der Waals surface area contributed by atoms with Gasteiger partial charge in [0, 0.05) is 35.5 Å². The van der Waals surface area contributed by atoms with Gasteiger partial charge < -0.3 is 9.88 Å². The lowest BCUT2D eigenvalue weighted by atomic mass is 10.0. The van der Waals surface area contributed by atoms with Gasteiger partial charge >= 0.3 is 0 Å². The number of aromatic amines is 1. The third-order valence-electron chi connectivity index (χ3n) is 4.59. The Labute approximate surface area is 154 Å². The quantitative estimate of drug-likeness (QED) is 0.722. The first-order chi connectivity index (χ1) is 12.2. The van der Waals surface area contributed by atoms with Crippen LogP contribution in [0.4, 0.5) is 0 Å². The molecule has 0 spiro atoms. The average molecular weight is 396 g/mol. The van der Waals surface area contributed by atoms with E-state index in [2.05, 4.69) is 32.0 Å². The fraction of sp³-hybridized carbons (Fsp3) is 0.200. The zero-order chi connectivity index (χ0) is 17.2. The SMILES string of the molecule is O=C(Cc1cccc(Br)c1)N1CC=C(c2c[nH]c3cccnc23)CC1. The molecule has 2 aromatic heterocycles. The van der Waals surface area contributed by atoms with E-state index < -0.39 is 0 Å². The summed E-state index contributed by atoms with van der Waals surface area (Å²) in [7, 11) is 0. The van der Waals surface area contributed by atoms with E-state index in [1.54, 1.807) is 0 Å². The lowest BCUT2D eigenvalue weighted by Crippen LogP contribution is -2.35. The Kier molecular flexibility index (Phi) is 4.40. The molecule has 0 unspecified atom stereocenters. The Hall–Kier alpha value is -2.40. The molecule has 3 aromatic rings. The maximum absolute atomic E-state index is 12.5. The molecular formula is C20H18BrN3O. The summed E-state index contributed by atoms with van der Waals surface area (Å²) in [5.74, 6) is 0.172. The molecule has 0 saturated heterocycles. The zero-order valence-corrected chi connectivity index (χ0v) is 15.3. The van der Waals surface area contributed by atoms with Gasteiger partial charge in [-0.25, -0.2) is 0 Å². The highest BCUT2D eigenvalue weighted by molar-refractivity contribution is 9.10. The molecule has 0 aliphatic carbocycles. The minimum Gasteiger partial charge on any atom is -0.359 e. The third kappa shape index (κ3) is 3.37. The van der Waals surface area contributed by atoms with Crippen molar-refractivity contribution in [2.75, 3.05) is 13.1 Å². The number of carbonyl (C=O) groups excluding carboxylic acids is 1. The van der Waals surface area contributed by atoms with Crippen molar-refractivity contribution in [3.8, 4) is 0 Å². The minimum absolute atomic E-state index is 0.172. The van der Waals surface area contributed by atoms with Crippen molar-refractivity contribution in [1.82, 2.24) is 14.9 Å². The van der Waals surface area contributed by atoms with Crippen LogP contribution < -0.4 is 0 Å². The molecule has 126 valence electrons. The molecule has 0 atom stereocenters. The monoisotopic (exact) mass is 395 g/mol. The molecule has 25 heavy (non-hydrogen) atoms. The number of carbonyl (C=O) groups is 1. The highest BCUT2D eigenvalue weighted by atomic mass is 79.9. The lowest BCUT2D eigenvalue weighted by molar-refractivity contribution is -0.130. The first-order valence-corrected chi connectivity index (χ1v) is 9.14. The van der Waals surface area contributed by atoms with Crippen LogP contribution in [0.5, 0.6) is 0 Å². The van der Waals surface area contributed by atoms with Crippen LogP contribution in [0.1, 0.15) is 17.5 Å².